The maximum Gasteiger partial charge on any atom is 0.320 e. The molecule has 1 atom stereocenters. The third kappa shape index (κ3) is 3.25. The molecule has 15 heavy (non-hydrogen) atoms. The van der Waals surface area contributed by atoms with Gasteiger partial charge >= 0.3 is 5.97 Å². The fourth-order valence-corrected chi connectivity index (χ4v) is 1.27. The van der Waals surface area contributed by atoms with E-state index in [2.05, 4.69) is 0 Å². The maximum absolute atomic E-state index is 10.7. The van der Waals surface area contributed by atoms with Gasteiger partial charge in [0.2, 0.25) is 0 Å². The van der Waals surface area contributed by atoms with Gasteiger partial charge in [0, 0.05) is 6.54 Å². The number of likely N-dealkylation sites (N-methyl/N-ethyl adjacent to an activating group) is 1. The second-order valence-corrected chi connectivity index (χ2v) is 3.60. The van der Waals surface area contributed by atoms with Gasteiger partial charge in [0.1, 0.15) is 11.8 Å². The van der Waals surface area contributed by atoms with Gasteiger partial charge in [-0.1, -0.05) is 12.1 Å². The lowest BCUT2D eigenvalue weighted by molar-refractivity contribution is -0.142. The normalized spacial score (nSPS) is 12.7. The first kappa shape index (κ1) is 11.5. The molecular weight excluding hydrogens is 194 g/mol. The van der Waals surface area contributed by atoms with E-state index in [1.807, 2.05) is 6.07 Å². The summed E-state index contributed by atoms with van der Waals surface area (Å²) in [7, 11) is 1.74. The number of nitrogens with zero attached hydrogens (tertiary/aromatic N) is 1. The van der Waals surface area contributed by atoms with E-state index in [1.54, 1.807) is 37.1 Å². The SMILES string of the molecule is CC(C(=O)O)N(C)Cc1cccc(O)c1. The molecule has 4 nitrogen and oxygen atoms in total. The van der Waals surface area contributed by atoms with Crippen molar-refractivity contribution in [1.82, 2.24) is 4.90 Å². The summed E-state index contributed by atoms with van der Waals surface area (Å²) in [6, 6.07) is 6.27. The summed E-state index contributed by atoms with van der Waals surface area (Å²) in [4.78, 5) is 12.4. The van der Waals surface area contributed by atoms with E-state index in [0.29, 0.717) is 6.54 Å². The number of aliphatic carboxylic acids is 1. The van der Waals surface area contributed by atoms with Crippen molar-refractivity contribution in [3.63, 3.8) is 0 Å². The quantitative estimate of drug-likeness (QED) is 0.784. The molecule has 0 amide bonds. The highest BCUT2D eigenvalue weighted by atomic mass is 16.4. The zero-order chi connectivity index (χ0) is 11.4. The first-order valence-electron chi connectivity index (χ1n) is 4.71. The van der Waals surface area contributed by atoms with E-state index in [1.165, 1.54) is 0 Å². The van der Waals surface area contributed by atoms with Crippen LogP contribution in [0.15, 0.2) is 24.3 Å². The Balaban J connectivity index is 2.66. The molecule has 0 aromatic heterocycles. The van der Waals surface area contributed by atoms with E-state index >= 15 is 0 Å². The van der Waals surface area contributed by atoms with Crippen molar-refractivity contribution < 1.29 is 15.0 Å². The lowest BCUT2D eigenvalue weighted by atomic mass is 10.2. The average molecular weight is 209 g/mol. The molecule has 0 radical (unpaired) electrons. The van der Waals surface area contributed by atoms with Gasteiger partial charge in [-0.15, -0.1) is 0 Å². The Labute approximate surface area is 88.8 Å². The zero-order valence-electron chi connectivity index (χ0n) is 8.84. The summed E-state index contributed by atoms with van der Waals surface area (Å²) in [5, 5.41) is 18.0. The zero-order valence-corrected chi connectivity index (χ0v) is 8.84. The summed E-state index contributed by atoms with van der Waals surface area (Å²) in [5.74, 6) is -0.651. The van der Waals surface area contributed by atoms with Crippen molar-refractivity contribution in [2.75, 3.05) is 7.05 Å². The Morgan fingerprint density at radius 1 is 1.53 bits per heavy atom. The van der Waals surface area contributed by atoms with Crippen LogP contribution in [-0.4, -0.2) is 34.2 Å². The molecule has 1 rings (SSSR count). The molecule has 0 aliphatic rings. The summed E-state index contributed by atoms with van der Waals surface area (Å²) in [6.07, 6.45) is 0. The summed E-state index contributed by atoms with van der Waals surface area (Å²) in [5.41, 5.74) is 0.894. The predicted molar refractivity (Wildman–Crippen MR) is 56.7 cm³/mol. The molecule has 0 aliphatic carbocycles. The second kappa shape index (κ2) is 4.79. The van der Waals surface area contributed by atoms with Crippen molar-refractivity contribution >= 4 is 5.97 Å². The third-order valence-electron chi connectivity index (χ3n) is 2.36. The number of carboxylic acid groups (broad SMARTS) is 1. The lowest BCUT2D eigenvalue weighted by Crippen LogP contribution is -2.35. The number of carboxylic acids is 1. The molecule has 0 heterocycles. The molecular formula is C11H15NO3. The highest BCUT2D eigenvalue weighted by Gasteiger charge is 2.16. The van der Waals surface area contributed by atoms with Crippen LogP contribution in [0.5, 0.6) is 5.75 Å². The number of rotatable bonds is 4. The third-order valence-corrected chi connectivity index (χ3v) is 2.36. The number of phenolic OH excluding ortho intramolecular Hbond substituents is 1. The Morgan fingerprint density at radius 2 is 2.20 bits per heavy atom. The van der Waals surface area contributed by atoms with Crippen molar-refractivity contribution in [3.8, 4) is 5.75 Å². The van der Waals surface area contributed by atoms with Crippen LogP contribution < -0.4 is 0 Å². The van der Waals surface area contributed by atoms with Crippen LogP contribution in [-0.2, 0) is 11.3 Å². The van der Waals surface area contributed by atoms with Gasteiger partial charge in [-0.2, -0.15) is 0 Å². The molecule has 0 saturated carbocycles. The molecule has 0 aliphatic heterocycles. The minimum atomic E-state index is -0.849. The Bertz CT molecular complexity index is 351. The lowest BCUT2D eigenvalue weighted by Gasteiger charge is -2.20. The van der Waals surface area contributed by atoms with Gasteiger partial charge in [0.05, 0.1) is 0 Å². The number of benzene rings is 1. The van der Waals surface area contributed by atoms with E-state index < -0.39 is 12.0 Å². The van der Waals surface area contributed by atoms with E-state index in [4.69, 9.17) is 5.11 Å². The molecule has 0 spiro atoms. The minimum Gasteiger partial charge on any atom is -0.508 e. The van der Waals surface area contributed by atoms with Crippen LogP contribution >= 0.6 is 0 Å². The fourth-order valence-electron chi connectivity index (χ4n) is 1.27. The Hall–Kier alpha value is -1.55. The molecule has 82 valence electrons. The highest BCUT2D eigenvalue weighted by molar-refractivity contribution is 5.72. The summed E-state index contributed by atoms with van der Waals surface area (Å²) >= 11 is 0. The van der Waals surface area contributed by atoms with Crippen LogP contribution in [0.2, 0.25) is 0 Å². The van der Waals surface area contributed by atoms with Gasteiger partial charge in [-0.3, -0.25) is 9.69 Å². The monoisotopic (exact) mass is 209 g/mol. The average Bonchev–Trinajstić information content (AvgIpc) is 2.16. The molecule has 0 saturated heterocycles. The van der Waals surface area contributed by atoms with Gasteiger partial charge in [-0.25, -0.2) is 0 Å². The molecule has 0 fully saturated rings. The molecule has 4 heteroatoms. The number of carbonyl (C=O) groups is 1. The van der Waals surface area contributed by atoms with E-state index in [0.717, 1.165) is 5.56 Å². The van der Waals surface area contributed by atoms with E-state index in [-0.39, 0.29) is 5.75 Å². The largest absolute Gasteiger partial charge is 0.508 e. The summed E-state index contributed by atoms with van der Waals surface area (Å²) in [6.45, 7) is 2.13. The maximum atomic E-state index is 10.7. The van der Waals surface area contributed by atoms with Gasteiger partial charge < -0.3 is 10.2 Å². The molecule has 1 aromatic carbocycles. The van der Waals surface area contributed by atoms with Crippen LogP contribution in [0.25, 0.3) is 0 Å². The van der Waals surface area contributed by atoms with Crippen LogP contribution in [0, 0.1) is 0 Å². The highest BCUT2D eigenvalue weighted by Crippen LogP contribution is 2.13. The van der Waals surface area contributed by atoms with Crippen molar-refractivity contribution in [2.45, 2.75) is 19.5 Å². The number of aromatic hydroxyl groups is 1. The Kier molecular flexibility index (Phi) is 3.68. The minimum absolute atomic E-state index is 0.198. The molecule has 1 aromatic rings. The molecule has 1 unspecified atom stereocenters. The number of hydrogen-bond acceptors (Lipinski definition) is 3. The van der Waals surface area contributed by atoms with Gasteiger partial charge in [0.25, 0.3) is 0 Å². The standard InChI is InChI=1S/C11H15NO3/c1-8(11(14)15)12(2)7-9-4-3-5-10(13)6-9/h3-6,8,13H,7H2,1-2H3,(H,14,15). The van der Waals surface area contributed by atoms with Crippen molar-refractivity contribution in [3.05, 3.63) is 29.8 Å². The summed E-state index contributed by atoms with van der Waals surface area (Å²) < 4.78 is 0. The fraction of sp³-hybridized carbons (Fsp3) is 0.364. The van der Waals surface area contributed by atoms with Crippen LogP contribution in [0.4, 0.5) is 0 Å². The van der Waals surface area contributed by atoms with Gasteiger partial charge in [-0.05, 0) is 31.7 Å². The predicted octanol–water partition coefficient (Wildman–Crippen LogP) is 1.30. The topological polar surface area (TPSA) is 60.8 Å². The molecule has 0 bridgehead atoms. The first-order valence-corrected chi connectivity index (χ1v) is 4.71. The molecule has 2 N–H and O–H groups in total. The van der Waals surface area contributed by atoms with Crippen LogP contribution in [0.1, 0.15) is 12.5 Å². The van der Waals surface area contributed by atoms with E-state index in [9.17, 15) is 9.90 Å². The Morgan fingerprint density at radius 3 is 2.73 bits per heavy atom. The van der Waals surface area contributed by atoms with Crippen LogP contribution in [0.3, 0.4) is 0 Å². The first-order chi connectivity index (χ1) is 7.00. The smallest absolute Gasteiger partial charge is 0.320 e. The second-order valence-electron chi connectivity index (χ2n) is 3.60. The number of hydrogen-bond donors (Lipinski definition) is 2. The number of phenols is 1. The van der Waals surface area contributed by atoms with Crippen molar-refractivity contribution in [1.29, 1.82) is 0 Å². The van der Waals surface area contributed by atoms with Gasteiger partial charge in [0.15, 0.2) is 0 Å². The van der Waals surface area contributed by atoms with Crippen molar-refractivity contribution in [2.24, 2.45) is 0 Å².